The number of hydrogen-bond donors (Lipinski definition) is 1. The van der Waals surface area contributed by atoms with Gasteiger partial charge in [0.25, 0.3) is 0 Å². The van der Waals surface area contributed by atoms with Crippen molar-refractivity contribution in [2.75, 3.05) is 13.2 Å². The van der Waals surface area contributed by atoms with Crippen molar-refractivity contribution in [1.82, 2.24) is 15.2 Å². The minimum atomic E-state index is 0.531. The van der Waals surface area contributed by atoms with Gasteiger partial charge in [-0.05, 0) is 19.8 Å². The molecule has 0 amide bonds. The minimum Gasteiger partial charge on any atom is -0.380 e. The van der Waals surface area contributed by atoms with Crippen molar-refractivity contribution in [2.45, 2.75) is 30.2 Å². The monoisotopic (exact) mass is 199 g/mol. The highest BCUT2D eigenvalue weighted by Crippen LogP contribution is 2.25. The summed E-state index contributed by atoms with van der Waals surface area (Å²) in [4.78, 5) is 4.25. The Morgan fingerprint density at radius 1 is 1.62 bits per heavy atom. The van der Waals surface area contributed by atoms with E-state index in [-0.39, 0.29) is 0 Å². The van der Waals surface area contributed by atoms with Gasteiger partial charge in [-0.2, -0.15) is 0 Å². The Morgan fingerprint density at radius 2 is 2.54 bits per heavy atom. The molecular weight excluding hydrogens is 186 g/mol. The zero-order valence-corrected chi connectivity index (χ0v) is 8.43. The third-order valence-corrected chi connectivity index (χ3v) is 3.07. The standard InChI is InChI=1S/C8H13N3OS/c1-6-9-8(11-10-6)13-7-3-2-4-12-5-7/h7H,2-5H2,1H3,(H,9,10,11). The fourth-order valence-corrected chi connectivity index (χ4v) is 2.36. The van der Waals surface area contributed by atoms with Gasteiger partial charge in [0.2, 0.25) is 5.16 Å². The van der Waals surface area contributed by atoms with Crippen LogP contribution in [-0.2, 0) is 4.74 Å². The second kappa shape index (κ2) is 4.11. The molecule has 0 spiro atoms. The number of H-pyrrole nitrogens is 1. The first kappa shape index (κ1) is 9.02. The molecule has 0 saturated carbocycles. The lowest BCUT2D eigenvalue weighted by Gasteiger charge is -2.19. The van der Waals surface area contributed by atoms with Crippen LogP contribution in [0.25, 0.3) is 0 Å². The number of aryl methyl sites for hydroxylation is 1. The normalized spacial score (nSPS) is 23.3. The molecule has 1 aliphatic heterocycles. The first-order chi connectivity index (χ1) is 6.34. The lowest BCUT2D eigenvalue weighted by atomic mass is 10.2. The molecule has 0 bridgehead atoms. The van der Waals surface area contributed by atoms with Gasteiger partial charge >= 0.3 is 0 Å². The number of thioether (sulfide) groups is 1. The third-order valence-electron chi connectivity index (χ3n) is 1.97. The van der Waals surface area contributed by atoms with Crippen molar-refractivity contribution >= 4 is 11.8 Å². The lowest BCUT2D eigenvalue weighted by Crippen LogP contribution is -2.19. The van der Waals surface area contributed by atoms with Crippen LogP contribution in [0.4, 0.5) is 0 Å². The molecule has 2 rings (SSSR count). The first-order valence-electron chi connectivity index (χ1n) is 4.48. The van der Waals surface area contributed by atoms with Gasteiger partial charge in [-0.15, -0.1) is 5.10 Å². The molecule has 2 heterocycles. The van der Waals surface area contributed by atoms with Gasteiger partial charge in [-0.3, -0.25) is 5.10 Å². The van der Waals surface area contributed by atoms with Crippen LogP contribution in [0, 0.1) is 6.92 Å². The summed E-state index contributed by atoms with van der Waals surface area (Å²) >= 11 is 1.71. The van der Waals surface area contributed by atoms with Crippen LogP contribution in [0.2, 0.25) is 0 Å². The van der Waals surface area contributed by atoms with Gasteiger partial charge in [0.1, 0.15) is 5.82 Å². The Labute approximate surface area is 81.5 Å². The Morgan fingerprint density at radius 3 is 3.15 bits per heavy atom. The zero-order valence-electron chi connectivity index (χ0n) is 7.62. The Kier molecular flexibility index (Phi) is 2.85. The average molecular weight is 199 g/mol. The molecule has 0 aliphatic carbocycles. The summed E-state index contributed by atoms with van der Waals surface area (Å²) in [5.41, 5.74) is 0. The molecule has 0 radical (unpaired) electrons. The van der Waals surface area contributed by atoms with Crippen molar-refractivity contribution in [2.24, 2.45) is 0 Å². The molecule has 4 nitrogen and oxygen atoms in total. The van der Waals surface area contributed by atoms with E-state index in [1.165, 1.54) is 6.42 Å². The van der Waals surface area contributed by atoms with Gasteiger partial charge in [0, 0.05) is 11.9 Å². The van der Waals surface area contributed by atoms with Crippen LogP contribution in [0.3, 0.4) is 0 Å². The quantitative estimate of drug-likeness (QED) is 0.782. The second-order valence-electron chi connectivity index (χ2n) is 3.16. The zero-order chi connectivity index (χ0) is 9.10. The van der Waals surface area contributed by atoms with E-state index in [4.69, 9.17) is 4.74 Å². The van der Waals surface area contributed by atoms with Crippen LogP contribution in [0.1, 0.15) is 18.7 Å². The van der Waals surface area contributed by atoms with Crippen LogP contribution in [0.5, 0.6) is 0 Å². The van der Waals surface area contributed by atoms with Gasteiger partial charge in [-0.1, -0.05) is 11.8 Å². The molecule has 1 fully saturated rings. The van der Waals surface area contributed by atoms with Crippen molar-refractivity contribution in [3.63, 3.8) is 0 Å². The fourth-order valence-electron chi connectivity index (χ4n) is 1.33. The van der Waals surface area contributed by atoms with E-state index in [0.29, 0.717) is 5.25 Å². The fraction of sp³-hybridized carbons (Fsp3) is 0.750. The predicted octanol–water partition coefficient (Wildman–Crippen LogP) is 1.38. The summed E-state index contributed by atoms with van der Waals surface area (Å²) in [6.45, 7) is 3.65. The topological polar surface area (TPSA) is 50.8 Å². The maximum absolute atomic E-state index is 5.37. The summed E-state index contributed by atoms with van der Waals surface area (Å²) in [6.07, 6.45) is 2.36. The van der Waals surface area contributed by atoms with Crippen molar-refractivity contribution in [1.29, 1.82) is 0 Å². The maximum atomic E-state index is 5.37. The number of ether oxygens (including phenoxy) is 1. The average Bonchev–Trinajstić information content (AvgIpc) is 2.53. The van der Waals surface area contributed by atoms with E-state index in [0.717, 1.165) is 30.6 Å². The molecule has 72 valence electrons. The molecule has 1 unspecified atom stereocenters. The largest absolute Gasteiger partial charge is 0.380 e. The highest BCUT2D eigenvalue weighted by molar-refractivity contribution is 7.99. The highest BCUT2D eigenvalue weighted by Gasteiger charge is 2.16. The van der Waals surface area contributed by atoms with Crippen molar-refractivity contribution < 1.29 is 4.74 Å². The number of aromatic nitrogens is 3. The van der Waals surface area contributed by atoms with E-state index < -0.39 is 0 Å². The molecule has 5 heteroatoms. The van der Waals surface area contributed by atoms with Gasteiger partial charge < -0.3 is 4.74 Å². The molecule has 1 atom stereocenters. The lowest BCUT2D eigenvalue weighted by molar-refractivity contribution is 0.101. The highest BCUT2D eigenvalue weighted by atomic mass is 32.2. The van der Waals surface area contributed by atoms with Crippen LogP contribution in [0.15, 0.2) is 5.16 Å². The van der Waals surface area contributed by atoms with Gasteiger partial charge in [-0.25, -0.2) is 4.98 Å². The minimum absolute atomic E-state index is 0.531. The van der Waals surface area contributed by atoms with Crippen molar-refractivity contribution in [3.8, 4) is 0 Å². The molecule has 1 aromatic rings. The second-order valence-corrected chi connectivity index (χ2v) is 4.43. The molecule has 1 saturated heterocycles. The van der Waals surface area contributed by atoms with E-state index in [2.05, 4.69) is 15.2 Å². The van der Waals surface area contributed by atoms with Crippen LogP contribution >= 0.6 is 11.8 Å². The molecule has 13 heavy (non-hydrogen) atoms. The van der Waals surface area contributed by atoms with Crippen LogP contribution in [-0.4, -0.2) is 33.6 Å². The SMILES string of the molecule is Cc1nc(SC2CCCOC2)n[nH]1. The van der Waals surface area contributed by atoms with E-state index in [1.807, 2.05) is 6.92 Å². The van der Waals surface area contributed by atoms with E-state index in [9.17, 15) is 0 Å². The number of hydrogen-bond acceptors (Lipinski definition) is 4. The third kappa shape index (κ3) is 2.45. The number of aromatic amines is 1. The smallest absolute Gasteiger partial charge is 0.208 e. The number of rotatable bonds is 2. The molecule has 0 aromatic carbocycles. The number of nitrogens with zero attached hydrogens (tertiary/aromatic N) is 2. The first-order valence-corrected chi connectivity index (χ1v) is 5.36. The molecule has 1 aromatic heterocycles. The summed E-state index contributed by atoms with van der Waals surface area (Å²) in [7, 11) is 0. The van der Waals surface area contributed by atoms with Gasteiger partial charge in [0.05, 0.1) is 6.61 Å². The summed E-state index contributed by atoms with van der Waals surface area (Å²) in [6, 6.07) is 0. The number of nitrogens with one attached hydrogen (secondary N) is 1. The summed E-state index contributed by atoms with van der Waals surface area (Å²) in [5.74, 6) is 0.874. The Bertz CT molecular complexity index is 270. The van der Waals surface area contributed by atoms with Crippen LogP contribution < -0.4 is 0 Å². The van der Waals surface area contributed by atoms with Crippen molar-refractivity contribution in [3.05, 3.63) is 5.82 Å². The van der Waals surface area contributed by atoms with E-state index in [1.54, 1.807) is 11.8 Å². The summed E-state index contributed by atoms with van der Waals surface area (Å²) in [5, 5.41) is 8.29. The Hall–Kier alpha value is -0.550. The predicted molar refractivity (Wildman–Crippen MR) is 50.8 cm³/mol. The molecular formula is C8H13N3OS. The summed E-state index contributed by atoms with van der Waals surface area (Å²) < 4.78 is 5.37. The molecule has 1 N–H and O–H groups in total. The maximum Gasteiger partial charge on any atom is 0.208 e. The molecule has 1 aliphatic rings. The van der Waals surface area contributed by atoms with Gasteiger partial charge in [0.15, 0.2) is 0 Å². The van der Waals surface area contributed by atoms with E-state index >= 15 is 0 Å². The Balaban J connectivity index is 1.89.